The fourth-order valence-corrected chi connectivity index (χ4v) is 3.29. The van der Waals surface area contributed by atoms with Gasteiger partial charge in [0.15, 0.2) is 0 Å². The highest BCUT2D eigenvalue weighted by Gasteiger charge is 2.20. The van der Waals surface area contributed by atoms with Gasteiger partial charge in [-0.3, -0.25) is 4.68 Å². The number of benzene rings is 1. The molecule has 5 heteroatoms. The summed E-state index contributed by atoms with van der Waals surface area (Å²) in [5.74, 6) is 0. The maximum absolute atomic E-state index is 6.31. The fraction of sp³-hybridized carbons (Fsp3) is 0.438. The summed E-state index contributed by atoms with van der Waals surface area (Å²) in [6.45, 7) is 6.11. The molecule has 1 atom stereocenters. The lowest BCUT2D eigenvalue weighted by Crippen LogP contribution is -2.26. The number of nitrogens with zero attached hydrogens (tertiary/aromatic N) is 2. The number of aryl methyl sites for hydroxylation is 1. The molecule has 1 aromatic carbocycles. The minimum Gasteiger partial charge on any atom is -0.309 e. The fourth-order valence-electron chi connectivity index (χ4n) is 2.50. The molecule has 0 amide bonds. The summed E-state index contributed by atoms with van der Waals surface area (Å²) >= 11 is 9.94. The molecule has 0 spiro atoms. The Kier molecular flexibility index (Phi) is 6.27. The smallest absolute Gasteiger partial charge is 0.0699 e. The second-order valence-electron chi connectivity index (χ2n) is 5.01. The van der Waals surface area contributed by atoms with Gasteiger partial charge in [-0.25, -0.2) is 0 Å². The van der Waals surface area contributed by atoms with Gasteiger partial charge in [0.05, 0.1) is 22.4 Å². The number of halogens is 2. The summed E-state index contributed by atoms with van der Waals surface area (Å²) in [5, 5.41) is 8.84. The third-order valence-corrected chi connectivity index (χ3v) is 4.41. The van der Waals surface area contributed by atoms with E-state index in [1.807, 2.05) is 24.4 Å². The number of hydrogen-bond donors (Lipinski definition) is 1. The maximum atomic E-state index is 6.31. The number of nitrogens with one attached hydrogen (secondary N) is 1. The van der Waals surface area contributed by atoms with Crippen LogP contribution in [0.2, 0.25) is 5.02 Å². The Morgan fingerprint density at radius 1 is 1.33 bits per heavy atom. The van der Waals surface area contributed by atoms with Crippen LogP contribution in [0, 0.1) is 0 Å². The van der Waals surface area contributed by atoms with E-state index >= 15 is 0 Å². The molecule has 0 bridgehead atoms. The van der Waals surface area contributed by atoms with Crippen molar-refractivity contribution in [2.24, 2.45) is 0 Å². The van der Waals surface area contributed by atoms with Gasteiger partial charge in [0, 0.05) is 11.6 Å². The quantitative estimate of drug-likeness (QED) is 0.772. The van der Waals surface area contributed by atoms with Crippen LogP contribution in [0.3, 0.4) is 0 Å². The van der Waals surface area contributed by atoms with Gasteiger partial charge < -0.3 is 5.32 Å². The van der Waals surface area contributed by atoms with E-state index in [0.717, 1.165) is 41.0 Å². The third-order valence-electron chi connectivity index (χ3n) is 3.43. The minimum atomic E-state index is 0.193. The Morgan fingerprint density at radius 3 is 2.76 bits per heavy atom. The zero-order chi connectivity index (χ0) is 15.2. The van der Waals surface area contributed by atoms with E-state index in [1.165, 1.54) is 5.69 Å². The van der Waals surface area contributed by atoms with Crippen molar-refractivity contribution in [1.82, 2.24) is 15.1 Å². The predicted octanol–water partition coefficient (Wildman–Crippen LogP) is 4.60. The Bertz CT molecular complexity index is 583. The maximum Gasteiger partial charge on any atom is 0.0699 e. The molecular formula is C16H21BrClN3. The first-order valence-corrected chi connectivity index (χ1v) is 8.52. The second-order valence-corrected chi connectivity index (χ2v) is 6.27. The molecule has 0 aliphatic heterocycles. The van der Waals surface area contributed by atoms with Gasteiger partial charge in [-0.15, -0.1) is 0 Å². The zero-order valence-electron chi connectivity index (χ0n) is 12.4. The molecular weight excluding hydrogens is 350 g/mol. The van der Waals surface area contributed by atoms with E-state index in [1.54, 1.807) is 0 Å². The SMILES string of the molecule is CCCn1ncc(Br)c1C(Cc1ccccc1Cl)NCC. The molecule has 2 rings (SSSR count). The molecule has 0 radical (unpaired) electrons. The van der Waals surface area contributed by atoms with Crippen molar-refractivity contribution in [3.63, 3.8) is 0 Å². The molecule has 0 saturated heterocycles. The average molecular weight is 371 g/mol. The van der Waals surface area contributed by atoms with E-state index < -0.39 is 0 Å². The van der Waals surface area contributed by atoms with Crippen molar-refractivity contribution in [2.75, 3.05) is 6.54 Å². The minimum absolute atomic E-state index is 0.193. The normalized spacial score (nSPS) is 12.6. The van der Waals surface area contributed by atoms with Crippen LogP contribution in [0.15, 0.2) is 34.9 Å². The van der Waals surface area contributed by atoms with Crippen molar-refractivity contribution >= 4 is 27.5 Å². The van der Waals surface area contributed by atoms with Crippen LogP contribution in [0.1, 0.15) is 37.6 Å². The van der Waals surface area contributed by atoms with Gasteiger partial charge in [-0.2, -0.15) is 5.10 Å². The lowest BCUT2D eigenvalue weighted by molar-refractivity contribution is 0.476. The molecule has 21 heavy (non-hydrogen) atoms. The summed E-state index contributed by atoms with van der Waals surface area (Å²) in [7, 11) is 0. The number of likely N-dealkylation sites (N-methyl/N-ethyl adjacent to an activating group) is 1. The lowest BCUT2D eigenvalue weighted by Gasteiger charge is -2.21. The highest BCUT2D eigenvalue weighted by Crippen LogP contribution is 2.28. The van der Waals surface area contributed by atoms with Crippen LogP contribution in [0.25, 0.3) is 0 Å². The van der Waals surface area contributed by atoms with E-state index in [-0.39, 0.29) is 6.04 Å². The van der Waals surface area contributed by atoms with Gasteiger partial charge in [0.25, 0.3) is 0 Å². The van der Waals surface area contributed by atoms with Crippen molar-refractivity contribution in [2.45, 2.75) is 39.3 Å². The summed E-state index contributed by atoms with van der Waals surface area (Å²) < 4.78 is 3.13. The monoisotopic (exact) mass is 369 g/mol. The Balaban J connectivity index is 2.31. The Labute approximate surface area is 139 Å². The number of aromatic nitrogens is 2. The van der Waals surface area contributed by atoms with Crippen LogP contribution in [-0.2, 0) is 13.0 Å². The molecule has 1 unspecified atom stereocenters. The first-order valence-electron chi connectivity index (χ1n) is 7.35. The van der Waals surface area contributed by atoms with Gasteiger partial charge >= 0.3 is 0 Å². The third kappa shape index (κ3) is 4.09. The molecule has 2 aromatic rings. The first kappa shape index (κ1) is 16.5. The summed E-state index contributed by atoms with van der Waals surface area (Å²) in [6, 6.07) is 8.21. The standard InChI is InChI=1S/C16H21BrClN3/c1-3-9-21-16(13(17)11-20-21)15(19-4-2)10-12-7-5-6-8-14(12)18/h5-8,11,15,19H,3-4,9-10H2,1-2H3. The van der Waals surface area contributed by atoms with E-state index in [9.17, 15) is 0 Å². The van der Waals surface area contributed by atoms with E-state index in [2.05, 4.69) is 50.9 Å². The zero-order valence-corrected chi connectivity index (χ0v) is 14.8. The van der Waals surface area contributed by atoms with Crippen LogP contribution >= 0.6 is 27.5 Å². The molecule has 1 N–H and O–H groups in total. The summed E-state index contributed by atoms with van der Waals surface area (Å²) in [6.07, 6.45) is 3.79. The number of hydrogen-bond acceptors (Lipinski definition) is 2. The van der Waals surface area contributed by atoms with Crippen molar-refractivity contribution in [3.05, 3.63) is 51.2 Å². The predicted molar refractivity (Wildman–Crippen MR) is 91.8 cm³/mol. The van der Waals surface area contributed by atoms with Crippen LogP contribution in [0.5, 0.6) is 0 Å². The molecule has 0 aliphatic carbocycles. The largest absolute Gasteiger partial charge is 0.309 e. The van der Waals surface area contributed by atoms with Crippen LogP contribution < -0.4 is 5.32 Å². The summed E-state index contributed by atoms with van der Waals surface area (Å²) in [4.78, 5) is 0. The molecule has 0 fully saturated rings. The van der Waals surface area contributed by atoms with Crippen LogP contribution in [-0.4, -0.2) is 16.3 Å². The highest BCUT2D eigenvalue weighted by atomic mass is 79.9. The van der Waals surface area contributed by atoms with Crippen molar-refractivity contribution in [3.8, 4) is 0 Å². The Morgan fingerprint density at radius 2 is 2.10 bits per heavy atom. The summed E-state index contributed by atoms with van der Waals surface area (Å²) in [5.41, 5.74) is 2.35. The van der Waals surface area contributed by atoms with Gasteiger partial charge in [-0.05, 0) is 46.9 Å². The Hall–Kier alpha value is -0.840. The topological polar surface area (TPSA) is 29.9 Å². The number of rotatable bonds is 7. The molecule has 0 saturated carbocycles. The first-order chi connectivity index (χ1) is 10.2. The van der Waals surface area contributed by atoms with Crippen molar-refractivity contribution in [1.29, 1.82) is 0 Å². The second kappa shape index (κ2) is 7.97. The van der Waals surface area contributed by atoms with E-state index in [4.69, 9.17) is 11.6 Å². The van der Waals surface area contributed by atoms with Crippen LogP contribution in [0.4, 0.5) is 0 Å². The highest BCUT2D eigenvalue weighted by molar-refractivity contribution is 9.10. The molecule has 114 valence electrons. The van der Waals surface area contributed by atoms with E-state index in [0.29, 0.717) is 0 Å². The molecule has 3 nitrogen and oxygen atoms in total. The molecule has 1 aromatic heterocycles. The van der Waals surface area contributed by atoms with Crippen molar-refractivity contribution < 1.29 is 0 Å². The molecule has 1 heterocycles. The average Bonchev–Trinajstić information content (AvgIpc) is 2.82. The van der Waals surface area contributed by atoms with Gasteiger partial charge in [0.1, 0.15) is 0 Å². The van der Waals surface area contributed by atoms with Gasteiger partial charge in [-0.1, -0.05) is 43.6 Å². The molecule has 0 aliphatic rings. The lowest BCUT2D eigenvalue weighted by atomic mass is 10.0. The van der Waals surface area contributed by atoms with Gasteiger partial charge in [0.2, 0.25) is 0 Å².